The Kier molecular flexibility index (Phi) is 1.90. The van der Waals surface area contributed by atoms with Crippen LogP contribution in [0.1, 0.15) is 19.3 Å². The molecule has 0 amide bonds. The van der Waals surface area contributed by atoms with Crippen LogP contribution in [0.4, 0.5) is 0 Å². The van der Waals surface area contributed by atoms with Crippen molar-refractivity contribution in [3.63, 3.8) is 0 Å². The molecule has 0 saturated heterocycles. The highest BCUT2D eigenvalue weighted by molar-refractivity contribution is 4.99. The zero-order valence-electron chi connectivity index (χ0n) is 7.22. The van der Waals surface area contributed by atoms with Crippen molar-refractivity contribution < 1.29 is 0 Å². The monoisotopic (exact) mass is 154 g/mol. The molecule has 0 aromatic heterocycles. The van der Waals surface area contributed by atoms with Crippen molar-refractivity contribution in [3.8, 4) is 0 Å². The van der Waals surface area contributed by atoms with E-state index in [1.165, 1.54) is 19.3 Å². The van der Waals surface area contributed by atoms with Crippen molar-refractivity contribution in [2.24, 2.45) is 23.5 Å². The summed E-state index contributed by atoms with van der Waals surface area (Å²) in [6.45, 7) is 1.13. The van der Waals surface area contributed by atoms with E-state index in [0.717, 1.165) is 24.3 Å². The summed E-state index contributed by atoms with van der Waals surface area (Å²) in [4.78, 5) is 0. The fraction of sp³-hybridized carbons (Fsp3) is 1.00. The fourth-order valence-electron chi connectivity index (χ4n) is 2.99. The molecule has 2 aliphatic carbocycles. The Labute approximate surface area is 68.5 Å². The van der Waals surface area contributed by atoms with Crippen LogP contribution in [-0.4, -0.2) is 19.6 Å². The van der Waals surface area contributed by atoms with Gasteiger partial charge in [0.25, 0.3) is 0 Å². The lowest BCUT2D eigenvalue weighted by Crippen LogP contribution is -2.40. The maximum Gasteiger partial charge on any atom is 0.0110 e. The molecule has 0 aliphatic heterocycles. The van der Waals surface area contributed by atoms with Gasteiger partial charge in [0, 0.05) is 6.04 Å². The van der Waals surface area contributed by atoms with Crippen molar-refractivity contribution in [3.05, 3.63) is 0 Å². The summed E-state index contributed by atoms with van der Waals surface area (Å²) in [5.74, 6) is 2.58. The molecule has 2 fully saturated rings. The van der Waals surface area contributed by atoms with Gasteiger partial charge in [-0.3, -0.25) is 0 Å². The summed E-state index contributed by atoms with van der Waals surface area (Å²) in [7, 11) is 2.03. The Bertz CT molecular complexity index is 144. The van der Waals surface area contributed by atoms with Gasteiger partial charge in [0.1, 0.15) is 0 Å². The molecular formula is C9H18N2. The summed E-state index contributed by atoms with van der Waals surface area (Å²) in [5, 5.41) is 3.24. The highest BCUT2D eigenvalue weighted by Crippen LogP contribution is 2.47. The lowest BCUT2D eigenvalue weighted by molar-refractivity contribution is 0.284. The Morgan fingerprint density at radius 3 is 2.64 bits per heavy atom. The number of fused-ring (bicyclic) bond motifs is 2. The number of rotatable bonds is 2. The van der Waals surface area contributed by atoms with Crippen LogP contribution >= 0.6 is 0 Å². The molecule has 3 N–H and O–H groups in total. The van der Waals surface area contributed by atoms with E-state index in [0.29, 0.717) is 6.04 Å². The molecule has 0 aromatic rings. The van der Waals surface area contributed by atoms with Crippen LogP contribution in [0.15, 0.2) is 0 Å². The van der Waals surface area contributed by atoms with Crippen molar-refractivity contribution in [2.45, 2.75) is 25.3 Å². The standard InChI is InChI=1S/C9H18N2/c1-11-5-8-6-2-3-7(4-6)9(8)10/h6-9,11H,2-5,10H2,1H3. The SMILES string of the molecule is CNCC1C2CCC(C2)C1N. The van der Waals surface area contributed by atoms with Crippen molar-refractivity contribution in [1.29, 1.82) is 0 Å². The van der Waals surface area contributed by atoms with Gasteiger partial charge in [0.2, 0.25) is 0 Å². The van der Waals surface area contributed by atoms with Crippen LogP contribution < -0.4 is 11.1 Å². The van der Waals surface area contributed by atoms with Crippen molar-refractivity contribution >= 4 is 0 Å². The molecule has 0 heterocycles. The van der Waals surface area contributed by atoms with Crippen molar-refractivity contribution in [1.82, 2.24) is 5.32 Å². The summed E-state index contributed by atoms with van der Waals surface area (Å²) in [6.07, 6.45) is 4.24. The third kappa shape index (κ3) is 1.09. The molecule has 0 spiro atoms. The number of nitrogens with two attached hydrogens (primary N) is 1. The Morgan fingerprint density at radius 2 is 2.09 bits per heavy atom. The Balaban J connectivity index is 2.00. The molecule has 0 aromatic carbocycles. The smallest absolute Gasteiger partial charge is 0.0110 e. The average Bonchev–Trinajstić information content (AvgIpc) is 2.54. The summed E-state index contributed by atoms with van der Waals surface area (Å²) in [6, 6.07) is 0.501. The molecule has 4 unspecified atom stereocenters. The second kappa shape index (κ2) is 2.76. The van der Waals surface area contributed by atoms with Crippen LogP contribution in [0.5, 0.6) is 0 Å². The fourth-order valence-corrected chi connectivity index (χ4v) is 2.99. The maximum absolute atomic E-state index is 6.11. The first-order valence-electron chi connectivity index (χ1n) is 4.73. The van der Waals surface area contributed by atoms with Gasteiger partial charge in [-0.25, -0.2) is 0 Å². The minimum absolute atomic E-state index is 0.501. The van der Waals surface area contributed by atoms with Gasteiger partial charge < -0.3 is 11.1 Å². The van der Waals surface area contributed by atoms with Gasteiger partial charge in [0.15, 0.2) is 0 Å². The quantitative estimate of drug-likeness (QED) is 0.610. The Morgan fingerprint density at radius 1 is 1.36 bits per heavy atom. The lowest BCUT2D eigenvalue weighted by Gasteiger charge is -2.27. The summed E-state index contributed by atoms with van der Waals surface area (Å²) in [5.41, 5.74) is 6.11. The second-order valence-electron chi connectivity index (χ2n) is 4.13. The van der Waals surface area contributed by atoms with E-state index in [4.69, 9.17) is 5.73 Å². The van der Waals surface area contributed by atoms with Gasteiger partial charge in [-0.2, -0.15) is 0 Å². The molecule has 2 saturated carbocycles. The third-order valence-electron chi connectivity index (χ3n) is 3.60. The number of hydrogen-bond donors (Lipinski definition) is 2. The van der Waals surface area contributed by atoms with Gasteiger partial charge in [-0.15, -0.1) is 0 Å². The van der Waals surface area contributed by atoms with Crippen LogP contribution in [0.3, 0.4) is 0 Å². The molecule has 4 atom stereocenters. The maximum atomic E-state index is 6.11. The van der Waals surface area contributed by atoms with E-state index in [9.17, 15) is 0 Å². The van der Waals surface area contributed by atoms with Gasteiger partial charge in [-0.1, -0.05) is 0 Å². The van der Waals surface area contributed by atoms with Crippen LogP contribution in [0, 0.1) is 17.8 Å². The minimum Gasteiger partial charge on any atom is -0.327 e. The predicted octanol–water partition coefficient (Wildman–Crippen LogP) is 0.579. The summed E-state index contributed by atoms with van der Waals surface area (Å²) >= 11 is 0. The van der Waals surface area contributed by atoms with Crippen LogP contribution in [0.2, 0.25) is 0 Å². The molecule has 2 aliphatic rings. The number of nitrogens with one attached hydrogen (secondary N) is 1. The van der Waals surface area contributed by atoms with E-state index in [1.807, 2.05) is 7.05 Å². The number of hydrogen-bond acceptors (Lipinski definition) is 2. The van der Waals surface area contributed by atoms with Gasteiger partial charge in [-0.05, 0) is 50.6 Å². The molecule has 2 bridgehead atoms. The first-order valence-corrected chi connectivity index (χ1v) is 4.73. The highest BCUT2D eigenvalue weighted by Gasteiger charge is 2.44. The molecule has 2 nitrogen and oxygen atoms in total. The molecular weight excluding hydrogens is 136 g/mol. The third-order valence-corrected chi connectivity index (χ3v) is 3.60. The van der Waals surface area contributed by atoms with Gasteiger partial charge in [0.05, 0.1) is 0 Å². The van der Waals surface area contributed by atoms with E-state index in [2.05, 4.69) is 5.32 Å². The zero-order valence-corrected chi connectivity index (χ0v) is 7.22. The van der Waals surface area contributed by atoms with E-state index in [-0.39, 0.29) is 0 Å². The molecule has 64 valence electrons. The first kappa shape index (κ1) is 7.56. The highest BCUT2D eigenvalue weighted by atomic mass is 14.9. The summed E-state index contributed by atoms with van der Waals surface area (Å²) < 4.78 is 0. The lowest BCUT2D eigenvalue weighted by atomic mass is 9.85. The second-order valence-corrected chi connectivity index (χ2v) is 4.13. The molecule has 11 heavy (non-hydrogen) atoms. The molecule has 0 radical (unpaired) electrons. The van der Waals surface area contributed by atoms with Gasteiger partial charge >= 0.3 is 0 Å². The Hall–Kier alpha value is -0.0800. The molecule has 2 heteroatoms. The van der Waals surface area contributed by atoms with E-state index in [1.54, 1.807) is 0 Å². The van der Waals surface area contributed by atoms with Crippen molar-refractivity contribution in [2.75, 3.05) is 13.6 Å². The zero-order chi connectivity index (χ0) is 7.84. The van der Waals surface area contributed by atoms with Crippen LogP contribution in [-0.2, 0) is 0 Å². The average molecular weight is 154 g/mol. The van der Waals surface area contributed by atoms with E-state index >= 15 is 0 Å². The molecule has 2 rings (SSSR count). The minimum atomic E-state index is 0.501. The normalized spacial score (nSPS) is 48.5. The topological polar surface area (TPSA) is 38.0 Å². The predicted molar refractivity (Wildman–Crippen MR) is 46.2 cm³/mol. The largest absolute Gasteiger partial charge is 0.327 e. The van der Waals surface area contributed by atoms with E-state index < -0.39 is 0 Å². The first-order chi connectivity index (χ1) is 5.33. The van der Waals surface area contributed by atoms with Crippen LogP contribution in [0.25, 0.3) is 0 Å².